The molecule has 0 aromatic heterocycles. The molecule has 0 fully saturated rings. The van der Waals surface area contributed by atoms with Gasteiger partial charge < -0.3 is 10.5 Å². The van der Waals surface area contributed by atoms with Gasteiger partial charge in [0, 0.05) is 11.4 Å². The van der Waals surface area contributed by atoms with Gasteiger partial charge in [0.05, 0.1) is 12.4 Å². The Hall–Kier alpha value is -1.22. The molecule has 3 N–H and O–H groups in total. The summed E-state index contributed by atoms with van der Waals surface area (Å²) >= 11 is 5.74. The number of hydrogen-bond acceptors (Lipinski definition) is 2. The number of nitrogens with one attached hydrogen (secondary N) is 1. The molecule has 0 unspecified atom stereocenters. The van der Waals surface area contributed by atoms with E-state index in [1.165, 1.54) is 0 Å². The van der Waals surface area contributed by atoms with Crippen LogP contribution in [0.5, 0.6) is 5.75 Å². The second-order valence-electron chi connectivity index (χ2n) is 2.58. The average Bonchev–Trinajstić information content (AvgIpc) is 2.03. The maximum atomic E-state index is 6.97. The molecule has 1 aromatic rings. The summed E-state index contributed by atoms with van der Waals surface area (Å²) in [6.07, 6.45) is 0.437. The zero-order chi connectivity index (χ0) is 9.68. The minimum atomic E-state index is 0.127. The molecule has 0 spiro atoms. The Bertz CT molecular complexity index is 301. The van der Waals surface area contributed by atoms with Gasteiger partial charge >= 0.3 is 0 Å². The molecule has 0 aliphatic heterocycles. The lowest BCUT2D eigenvalue weighted by Crippen LogP contribution is -2.13. The van der Waals surface area contributed by atoms with Crippen LogP contribution in [0.1, 0.15) is 6.42 Å². The second kappa shape index (κ2) is 4.72. The summed E-state index contributed by atoms with van der Waals surface area (Å²) in [5, 5.41) is 7.61. The lowest BCUT2D eigenvalue weighted by molar-refractivity contribution is 0.328. The minimum Gasteiger partial charge on any atom is -0.493 e. The Morgan fingerprint density at radius 1 is 1.54 bits per heavy atom. The largest absolute Gasteiger partial charge is 0.493 e. The van der Waals surface area contributed by atoms with Gasteiger partial charge in [0.15, 0.2) is 0 Å². The van der Waals surface area contributed by atoms with Crippen molar-refractivity contribution < 1.29 is 4.74 Å². The van der Waals surface area contributed by atoms with E-state index in [1.807, 2.05) is 12.1 Å². The molecule has 0 saturated carbocycles. The molecule has 0 bridgehead atoms. The Morgan fingerprint density at radius 2 is 2.31 bits per heavy atom. The molecule has 70 valence electrons. The standard InChI is InChI=1S/C9H11ClN2O/c10-7-2-1-3-8(6-7)13-5-4-9(11)12/h1-3,6H,4-5H2,(H3,11,12). The van der Waals surface area contributed by atoms with E-state index in [0.29, 0.717) is 23.8 Å². The van der Waals surface area contributed by atoms with Crippen LogP contribution in [-0.4, -0.2) is 12.4 Å². The molecule has 1 aromatic carbocycles. The van der Waals surface area contributed by atoms with E-state index in [9.17, 15) is 0 Å². The average molecular weight is 199 g/mol. The van der Waals surface area contributed by atoms with Crippen LogP contribution in [0.2, 0.25) is 5.02 Å². The van der Waals surface area contributed by atoms with Crippen molar-refractivity contribution in [3.8, 4) is 5.75 Å². The number of nitrogens with two attached hydrogens (primary N) is 1. The maximum Gasteiger partial charge on any atom is 0.120 e. The van der Waals surface area contributed by atoms with Crippen molar-refractivity contribution in [2.45, 2.75) is 6.42 Å². The zero-order valence-corrected chi connectivity index (χ0v) is 7.84. The Kier molecular flexibility index (Phi) is 3.58. The molecule has 0 amide bonds. The van der Waals surface area contributed by atoms with Gasteiger partial charge in [0.1, 0.15) is 5.75 Å². The topological polar surface area (TPSA) is 59.1 Å². The van der Waals surface area contributed by atoms with E-state index in [-0.39, 0.29) is 5.84 Å². The third-order valence-corrected chi connectivity index (χ3v) is 1.67. The SMILES string of the molecule is N=C(N)CCOc1cccc(Cl)c1. The third kappa shape index (κ3) is 3.80. The highest BCUT2D eigenvalue weighted by atomic mass is 35.5. The van der Waals surface area contributed by atoms with E-state index >= 15 is 0 Å². The molecular formula is C9H11ClN2O. The molecule has 0 aliphatic carbocycles. The van der Waals surface area contributed by atoms with E-state index in [0.717, 1.165) is 0 Å². The van der Waals surface area contributed by atoms with Gasteiger partial charge in [-0.1, -0.05) is 17.7 Å². The Labute approximate surface area is 82.0 Å². The third-order valence-electron chi connectivity index (χ3n) is 1.44. The summed E-state index contributed by atoms with van der Waals surface area (Å²) in [5.74, 6) is 0.829. The summed E-state index contributed by atoms with van der Waals surface area (Å²) in [6.45, 7) is 0.412. The number of hydrogen-bond donors (Lipinski definition) is 2. The predicted octanol–water partition coefficient (Wildman–Crippen LogP) is 2.04. The van der Waals surface area contributed by atoms with Crippen molar-refractivity contribution in [2.75, 3.05) is 6.61 Å². The monoisotopic (exact) mass is 198 g/mol. The van der Waals surface area contributed by atoms with Gasteiger partial charge in [0.2, 0.25) is 0 Å². The quantitative estimate of drug-likeness (QED) is 0.575. The molecule has 0 heterocycles. The van der Waals surface area contributed by atoms with Crippen LogP contribution in [0, 0.1) is 5.41 Å². The fraction of sp³-hybridized carbons (Fsp3) is 0.222. The van der Waals surface area contributed by atoms with Crippen molar-refractivity contribution in [1.29, 1.82) is 5.41 Å². The highest BCUT2D eigenvalue weighted by Crippen LogP contribution is 2.16. The first kappa shape index (κ1) is 9.86. The Morgan fingerprint density at radius 3 is 2.92 bits per heavy atom. The lowest BCUT2D eigenvalue weighted by Gasteiger charge is -2.04. The first-order valence-corrected chi connectivity index (χ1v) is 4.27. The van der Waals surface area contributed by atoms with Crippen molar-refractivity contribution in [3.05, 3.63) is 29.3 Å². The van der Waals surface area contributed by atoms with E-state index in [1.54, 1.807) is 12.1 Å². The van der Waals surface area contributed by atoms with Crippen LogP contribution in [0.4, 0.5) is 0 Å². The van der Waals surface area contributed by atoms with Gasteiger partial charge in [0.25, 0.3) is 0 Å². The fourth-order valence-electron chi connectivity index (χ4n) is 0.836. The molecule has 1 rings (SSSR count). The minimum absolute atomic E-state index is 0.127. The number of benzene rings is 1. The normalized spacial score (nSPS) is 9.62. The zero-order valence-electron chi connectivity index (χ0n) is 7.09. The van der Waals surface area contributed by atoms with Crippen LogP contribution >= 0.6 is 11.6 Å². The smallest absolute Gasteiger partial charge is 0.120 e. The molecular weight excluding hydrogens is 188 g/mol. The summed E-state index contributed by atoms with van der Waals surface area (Å²) in [7, 11) is 0. The van der Waals surface area contributed by atoms with Gasteiger partial charge in [-0.15, -0.1) is 0 Å². The van der Waals surface area contributed by atoms with Crippen molar-refractivity contribution in [1.82, 2.24) is 0 Å². The number of ether oxygens (including phenoxy) is 1. The fourth-order valence-corrected chi connectivity index (χ4v) is 1.02. The summed E-state index contributed by atoms with van der Waals surface area (Å²) in [4.78, 5) is 0. The molecule has 0 saturated heterocycles. The van der Waals surface area contributed by atoms with Gasteiger partial charge in [-0.3, -0.25) is 5.41 Å². The van der Waals surface area contributed by atoms with Crippen molar-refractivity contribution >= 4 is 17.4 Å². The van der Waals surface area contributed by atoms with Gasteiger partial charge in [-0.25, -0.2) is 0 Å². The van der Waals surface area contributed by atoms with E-state index in [2.05, 4.69) is 0 Å². The Balaban J connectivity index is 2.41. The molecule has 0 aliphatic rings. The van der Waals surface area contributed by atoms with Crippen molar-refractivity contribution in [3.63, 3.8) is 0 Å². The number of rotatable bonds is 4. The summed E-state index contributed by atoms with van der Waals surface area (Å²) in [5.41, 5.74) is 5.16. The van der Waals surface area contributed by atoms with Gasteiger partial charge in [-0.2, -0.15) is 0 Å². The molecule has 4 heteroatoms. The predicted molar refractivity (Wildman–Crippen MR) is 53.5 cm³/mol. The van der Waals surface area contributed by atoms with Crippen LogP contribution in [0.3, 0.4) is 0 Å². The highest BCUT2D eigenvalue weighted by Gasteiger charge is 1.95. The van der Waals surface area contributed by atoms with E-state index in [4.69, 9.17) is 27.5 Å². The molecule has 3 nitrogen and oxygen atoms in total. The van der Waals surface area contributed by atoms with Gasteiger partial charge in [-0.05, 0) is 18.2 Å². The first-order chi connectivity index (χ1) is 6.18. The van der Waals surface area contributed by atoms with Crippen molar-refractivity contribution in [2.24, 2.45) is 5.73 Å². The summed E-state index contributed by atoms with van der Waals surface area (Å²) in [6, 6.07) is 7.12. The molecule has 0 radical (unpaired) electrons. The first-order valence-electron chi connectivity index (χ1n) is 3.90. The number of halogens is 1. The molecule has 0 atom stereocenters. The van der Waals surface area contributed by atoms with Crippen LogP contribution < -0.4 is 10.5 Å². The number of amidine groups is 1. The summed E-state index contributed by atoms with van der Waals surface area (Å²) < 4.78 is 5.29. The van der Waals surface area contributed by atoms with Crippen LogP contribution in [-0.2, 0) is 0 Å². The second-order valence-corrected chi connectivity index (χ2v) is 3.02. The van der Waals surface area contributed by atoms with Crippen LogP contribution in [0.15, 0.2) is 24.3 Å². The molecule has 13 heavy (non-hydrogen) atoms. The maximum absolute atomic E-state index is 6.97. The lowest BCUT2D eigenvalue weighted by atomic mass is 10.3. The van der Waals surface area contributed by atoms with Crippen LogP contribution in [0.25, 0.3) is 0 Å². The van der Waals surface area contributed by atoms with E-state index < -0.39 is 0 Å². The highest BCUT2D eigenvalue weighted by molar-refractivity contribution is 6.30.